The van der Waals surface area contributed by atoms with E-state index in [1.165, 1.54) is 4.90 Å². The van der Waals surface area contributed by atoms with Crippen molar-refractivity contribution in [2.75, 3.05) is 23.8 Å². The van der Waals surface area contributed by atoms with E-state index in [4.69, 9.17) is 15.2 Å². The lowest BCUT2D eigenvalue weighted by Gasteiger charge is -2.37. The summed E-state index contributed by atoms with van der Waals surface area (Å²) in [4.78, 5) is 29.8. The van der Waals surface area contributed by atoms with Gasteiger partial charge in [0, 0.05) is 0 Å². The van der Waals surface area contributed by atoms with Gasteiger partial charge in [0.2, 0.25) is 0 Å². The molecule has 0 bridgehead atoms. The minimum atomic E-state index is -1.08. The van der Waals surface area contributed by atoms with Crippen LogP contribution in [0.25, 0.3) is 0 Å². The molecule has 1 aromatic rings. The Bertz CT molecular complexity index is 598. The summed E-state index contributed by atoms with van der Waals surface area (Å²) in [7, 11) is 0. The van der Waals surface area contributed by atoms with Crippen molar-refractivity contribution in [3.8, 4) is 5.75 Å². The summed E-state index contributed by atoms with van der Waals surface area (Å²) in [6.45, 7) is 7.24. The Kier molecular flexibility index (Phi) is 4.25. The second-order valence-electron chi connectivity index (χ2n) is 6.14. The summed E-state index contributed by atoms with van der Waals surface area (Å²) in [6, 6.07) is 3.22. The Morgan fingerprint density at radius 3 is 2.77 bits per heavy atom. The van der Waals surface area contributed by atoms with E-state index in [9.17, 15) is 9.59 Å². The maximum Gasteiger partial charge on any atom is 0.326 e. The van der Waals surface area contributed by atoms with Gasteiger partial charge in [-0.1, -0.05) is 13.8 Å². The standard InChI is InChI=1S/C15H21N3O4/c1-9(2)8-21-12(19)7-18-13-10(5-6-11(16)17-13)22-15(3,4)14(18)20/h5-6,9H,7-8H2,1-4H3,(H2,16,17). The number of carbonyl (C=O) groups is 2. The van der Waals surface area contributed by atoms with E-state index in [2.05, 4.69) is 4.98 Å². The third-order valence-corrected chi connectivity index (χ3v) is 3.11. The number of rotatable bonds is 4. The Hall–Kier alpha value is -2.31. The Labute approximate surface area is 129 Å². The maximum atomic E-state index is 12.5. The molecule has 0 saturated carbocycles. The van der Waals surface area contributed by atoms with Crippen molar-refractivity contribution >= 4 is 23.5 Å². The van der Waals surface area contributed by atoms with Gasteiger partial charge in [-0.25, -0.2) is 4.98 Å². The topological polar surface area (TPSA) is 94.8 Å². The largest absolute Gasteiger partial charge is 0.474 e. The molecule has 2 N–H and O–H groups in total. The maximum absolute atomic E-state index is 12.5. The van der Waals surface area contributed by atoms with Gasteiger partial charge in [-0.2, -0.15) is 0 Å². The number of hydrogen-bond donors (Lipinski definition) is 1. The zero-order valence-corrected chi connectivity index (χ0v) is 13.3. The summed E-state index contributed by atoms with van der Waals surface area (Å²) in [5, 5.41) is 0. The second-order valence-corrected chi connectivity index (χ2v) is 6.14. The van der Waals surface area contributed by atoms with Gasteiger partial charge in [0.15, 0.2) is 17.2 Å². The number of aromatic nitrogens is 1. The van der Waals surface area contributed by atoms with Crippen molar-refractivity contribution in [3.63, 3.8) is 0 Å². The van der Waals surface area contributed by atoms with Crippen LogP contribution in [0.1, 0.15) is 27.7 Å². The van der Waals surface area contributed by atoms with Crippen molar-refractivity contribution in [1.82, 2.24) is 4.98 Å². The SMILES string of the molecule is CC(C)COC(=O)CN1C(=O)C(C)(C)Oc2ccc(N)nc21. The lowest BCUT2D eigenvalue weighted by Crippen LogP contribution is -2.54. The molecule has 2 rings (SSSR count). The van der Waals surface area contributed by atoms with Crippen molar-refractivity contribution in [2.45, 2.75) is 33.3 Å². The summed E-state index contributed by atoms with van der Waals surface area (Å²) in [5.74, 6) is 0.271. The van der Waals surface area contributed by atoms with Crippen molar-refractivity contribution in [1.29, 1.82) is 0 Å². The molecule has 1 amide bonds. The first kappa shape index (κ1) is 16.1. The van der Waals surface area contributed by atoms with E-state index in [0.717, 1.165) is 0 Å². The molecule has 7 heteroatoms. The van der Waals surface area contributed by atoms with Gasteiger partial charge in [0.05, 0.1) is 6.61 Å². The molecule has 120 valence electrons. The lowest BCUT2D eigenvalue weighted by atomic mass is 10.1. The predicted octanol–water partition coefficient (Wildman–Crippen LogP) is 1.37. The van der Waals surface area contributed by atoms with E-state index in [-0.39, 0.29) is 30.0 Å². The number of nitrogen functional groups attached to an aromatic ring is 1. The molecule has 0 atom stereocenters. The zero-order valence-electron chi connectivity index (χ0n) is 13.3. The number of amides is 1. The average Bonchev–Trinajstić information content (AvgIpc) is 2.42. The molecular weight excluding hydrogens is 286 g/mol. The normalized spacial score (nSPS) is 16.2. The molecule has 0 unspecified atom stereocenters. The first-order valence-electron chi connectivity index (χ1n) is 7.14. The lowest BCUT2D eigenvalue weighted by molar-refractivity contribution is -0.145. The van der Waals surface area contributed by atoms with E-state index < -0.39 is 11.6 Å². The number of nitrogens with zero attached hydrogens (tertiary/aromatic N) is 2. The molecule has 7 nitrogen and oxygen atoms in total. The van der Waals surface area contributed by atoms with Crippen LogP contribution in [0.5, 0.6) is 5.75 Å². The molecule has 0 aliphatic carbocycles. The molecule has 0 aromatic carbocycles. The Balaban J connectivity index is 2.26. The smallest absolute Gasteiger partial charge is 0.326 e. The number of esters is 1. The molecule has 0 saturated heterocycles. The molecule has 1 aliphatic heterocycles. The average molecular weight is 307 g/mol. The number of fused-ring (bicyclic) bond motifs is 1. The highest BCUT2D eigenvalue weighted by atomic mass is 16.5. The Morgan fingerprint density at radius 1 is 1.45 bits per heavy atom. The zero-order chi connectivity index (χ0) is 16.5. The number of hydrogen-bond acceptors (Lipinski definition) is 6. The number of pyridine rings is 1. The van der Waals surface area contributed by atoms with Gasteiger partial charge in [-0.3, -0.25) is 14.5 Å². The molecule has 1 aromatic heterocycles. The van der Waals surface area contributed by atoms with Gasteiger partial charge >= 0.3 is 5.97 Å². The molecule has 0 spiro atoms. The third-order valence-electron chi connectivity index (χ3n) is 3.11. The van der Waals surface area contributed by atoms with Crippen LogP contribution in [0.15, 0.2) is 12.1 Å². The van der Waals surface area contributed by atoms with Crippen LogP contribution in [-0.4, -0.2) is 35.6 Å². The van der Waals surface area contributed by atoms with Crippen LogP contribution in [-0.2, 0) is 14.3 Å². The first-order valence-corrected chi connectivity index (χ1v) is 7.14. The summed E-state index contributed by atoms with van der Waals surface area (Å²) in [5.41, 5.74) is 4.59. The van der Waals surface area contributed by atoms with Crippen LogP contribution < -0.4 is 15.4 Å². The van der Waals surface area contributed by atoms with Gasteiger partial charge in [-0.05, 0) is 31.9 Å². The van der Waals surface area contributed by atoms with Crippen LogP contribution >= 0.6 is 0 Å². The fourth-order valence-corrected chi connectivity index (χ4v) is 2.04. The highest BCUT2D eigenvalue weighted by Gasteiger charge is 2.42. The van der Waals surface area contributed by atoms with Gasteiger partial charge in [0.25, 0.3) is 5.91 Å². The predicted molar refractivity (Wildman–Crippen MR) is 81.5 cm³/mol. The minimum absolute atomic E-state index is 0.220. The summed E-state index contributed by atoms with van der Waals surface area (Å²) in [6.07, 6.45) is 0. The van der Waals surface area contributed by atoms with E-state index in [0.29, 0.717) is 12.4 Å². The number of ether oxygens (including phenoxy) is 2. The van der Waals surface area contributed by atoms with Crippen LogP contribution in [0.2, 0.25) is 0 Å². The van der Waals surface area contributed by atoms with Crippen LogP contribution in [0.4, 0.5) is 11.6 Å². The molecule has 0 fully saturated rings. The quantitative estimate of drug-likeness (QED) is 0.844. The number of carbonyl (C=O) groups excluding carboxylic acids is 2. The van der Waals surface area contributed by atoms with Gasteiger partial charge < -0.3 is 15.2 Å². The molecule has 1 aliphatic rings. The van der Waals surface area contributed by atoms with Gasteiger partial charge in [-0.15, -0.1) is 0 Å². The van der Waals surface area contributed by atoms with Crippen molar-refractivity contribution in [2.24, 2.45) is 5.92 Å². The van der Waals surface area contributed by atoms with Crippen LogP contribution in [0.3, 0.4) is 0 Å². The monoisotopic (exact) mass is 307 g/mol. The molecule has 0 radical (unpaired) electrons. The minimum Gasteiger partial charge on any atom is -0.474 e. The highest BCUT2D eigenvalue weighted by molar-refractivity contribution is 6.04. The third kappa shape index (κ3) is 3.29. The fraction of sp³-hybridized carbons (Fsp3) is 0.533. The van der Waals surface area contributed by atoms with E-state index >= 15 is 0 Å². The molecule has 2 heterocycles. The fourth-order valence-electron chi connectivity index (χ4n) is 2.04. The van der Waals surface area contributed by atoms with Crippen molar-refractivity contribution < 1.29 is 19.1 Å². The first-order chi connectivity index (χ1) is 10.2. The second kappa shape index (κ2) is 5.82. The summed E-state index contributed by atoms with van der Waals surface area (Å²) < 4.78 is 10.8. The molecule has 22 heavy (non-hydrogen) atoms. The Morgan fingerprint density at radius 2 is 2.14 bits per heavy atom. The number of nitrogens with two attached hydrogens (primary N) is 1. The van der Waals surface area contributed by atoms with Gasteiger partial charge in [0.1, 0.15) is 12.4 Å². The van der Waals surface area contributed by atoms with E-state index in [1.807, 2.05) is 13.8 Å². The van der Waals surface area contributed by atoms with E-state index in [1.54, 1.807) is 26.0 Å². The van der Waals surface area contributed by atoms with Crippen molar-refractivity contribution in [3.05, 3.63) is 12.1 Å². The van der Waals surface area contributed by atoms with Crippen LogP contribution in [0, 0.1) is 5.92 Å². The highest BCUT2D eigenvalue weighted by Crippen LogP contribution is 2.36. The molecular formula is C15H21N3O4. The summed E-state index contributed by atoms with van der Waals surface area (Å²) >= 11 is 0. The number of anilines is 2.